The summed E-state index contributed by atoms with van der Waals surface area (Å²) in [6.45, 7) is 4.27. The molecule has 0 heterocycles. The van der Waals surface area contributed by atoms with Crippen molar-refractivity contribution in [2.24, 2.45) is 5.14 Å². The molecule has 1 aliphatic rings. The fraction of sp³-hybridized carbons (Fsp3) is 0.294. The second-order valence-electron chi connectivity index (χ2n) is 6.89. The minimum atomic E-state index is -4.04. The Balaban J connectivity index is 2.02. The molecule has 0 saturated heterocycles. The first-order chi connectivity index (χ1) is 11.6. The van der Waals surface area contributed by atoms with Gasteiger partial charge in [-0.3, -0.25) is 10.1 Å². The Morgan fingerprint density at radius 2 is 1.92 bits per heavy atom. The van der Waals surface area contributed by atoms with E-state index in [4.69, 9.17) is 5.14 Å². The maximum Gasteiger partial charge on any atom is 0.272 e. The van der Waals surface area contributed by atoms with Gasteiger partial charge in [-0.25, -0.2) is 13.6 Å². The van der Waals surface area contributed by atoms with Crippen LogP contribution in [0.5, 0.6) is 0 Å². The van der Waals surface area contributed by atoms with E-state index in [0.29, 0.717) is 5.69 Å². The third-order valence-electron chi connectivity index (χ3n) is 4.55. The molecule has 0 amide bonds. The van der Waals surface area contributed by atoms with Crippen molar-refractivity contribution >= 4 is 21.4 Å². The van der Waals surface area contributed by atoms with Crippen LogP contribution in [0, 0.1) is 10.1 Å². The molecule has 2 aromatic carbocycles. The smallest absolute Gasteiger partial charge is 0.272 e. The summed E-state index contributed by atoms with van der Waals surface area (Å²) >= 11 is 0. The van der Waals surface area contributed by atoms with Crippen LogP contribution in [0.4, 0.5) is 11.4 Å². The van der Waals surface area contributed by atoms with Gasteiger partial charge in [0.05, 0.1) is 15.9 Å². The van der Waals surface area contributed by atoms with E-state index in [1.54, 1.807) is 0 Å². The molecule has 25 heavy (non-hydrogen) atoms. The normalized spacial score (nSPS) is 18.6. The average molecular weight is 361 g/mol. The summed E-state index contributed by atoms with van der Waals surface area (Å²) < 4.78 is 23.3. The average Bonchev–Trinajstić information content (AvgIpc) is 2.77. The number of anilines is 1. The van der Waals surface area contributed by atoms with E-state index in [2.05, 4.69) is 25.2 Å². The molecular weight excluding hydrogens is 342 g/mol. The van der Waals surface area contributed by atoms with Gasteiger partial charge in [-0.15, -0.1) is 0 Å². The molecule has 0 fully saturated rings. The Morgan fingerprint density at radius 3 is 2.56 bits per heavy atom. The molecule has 0 spiro atoms. The van der Waals surface area contributed by atoms with Crippen molar-refractivity contribution in [3.8, 4) is 0 Å². The summed E-state index contributed by atoms with van der Waals surface area (Å²) in [5, 5.41) is 19.5. The number of sulfonamides is 1. The Kier molecular flexibility index (Phi) is 4.04. The molecule has 1 unspecified atom stereocenters. The number of rotatable bonds is 4. The highest BCUT2D eigenvalue weighted by atomic mass is 32.2. The van der Waals surface area contributed by atoms with Crippen LogP contribution in [0.1, 0.15) is 37.4 Å². The number of nitro benzene ring substituents is 1. The highest BCUT2D eigenvalue weighted by molar-refractivity contribution is 7.89. The van der Waals surface area contributed by atoms with Crippen LogP contribution in [-0.2, 0) is 15.4 Å². The second-order valence-corrected chi connectivity index (χ2v) is 8.45. The van der Waals surface area contributed by atoms with E-state index in [0.717, 1.165) is 18.1 Å². The number of nitrogens with zero attached hydrogens (tertiary/aromatic N) is 1. The third-order valence-corrected chi connectivity index (χ3v) is 5.44. The van der Waals surface area contributed by atoms with Crippen LogP contribution >= 0.6 is 0 Å². The summed E-state index contributed by atoms with van der Waals surface area (Å²) in [6, 6.07) is 11.6. The van der Waals surface area contributed by atoms with Crippen LogP contribution in [0.25, 0.3) is 0 Å². The highest BCUT2D eigenvalue weighted by Crippen LogP contribution is 2.45. The highest BCUT2D eigenvalue weighted by Gasteiger charge is 2.36. The number of nitrogens with two attached hydrogens (primary N) is 1. The first-order valence-electron chi connectivity index (χ1n) is 7.76. The molecule has 3 rings (SSSR count). The molecule has 132 valence electrons. The number of hydrogen-bond acceptors (Lipinski definition) is 5. The van der Waals surface area contributed by atoms with E-state index in [-0.39, 0.29) is 22.0 Å². The maximum absolute atomic E-state index is 11.6. The van der Waals surface area contributed by atoms with Gasteiger partial charge < -0.3 is 5.32 Å². The van der Waals surface area contributed by atoms with Crippen LogP contribution in [0.3, 0.4) is 0 Å². The topological polar surface area (TPSA) is 115 Å². The molecule has 0 bridgehead atoms. The predicted octanol–water partition coefficient (Wildman–Crippen LogP) is 3.08. The van der Waals surface area contributed by atoms with Crippen LogP contribution < -0.4 is 10.5 Å². The number of nitro groups is 1. The Bertz CT molecular complexity index is 954. The van der Waals surface area contributed by atoms with Gasteiger partial charge in [0.25, 0.3) is 5.69 Å². The quantitative estimate of drug-likeness (QED) is 0.641. The number of primary sulfonamides is 1. The van der Waals surface area contributed by atoms with Crippen molar-refractivity contribution in [1.82, 2.24) is 0 Å². The van der Waals surface area contributed by atoms with Gasteiger partial charge in [0.2, 0.25) is 10.0 Å². The van der Waals surface area contributed by atoms with Gasteiger partial charge in [-0.05, 0) is 29.0 Å². The standard InChI is InChI=1S/C17H19N3O4S/c1-17(2)10-16(14-5-3-4-6-15(14)17)19-11-7-12(20(21)22)9-13(8-11)25(18,23)24/h3-9,16,19H,10H2,1-2H3,(H2,18,23,24). The molecule has 0 aromatic heterocycles. The summed E-state index contributed by atoms with van der Waals surface area (Å²) in [5.41, 5.74) is 2.31. The minimum absolute atomic E-state index is 0.0439. The molecule has 1 atom stereocenters. The molecule has 1 aliphatic carbocycles. The lowest BCUT2D eigenvalue weighted by Crippen LogP contribution is -2.16. The molecule has 0 aliphatic heterocycles. The van der Waals surface area contributed by atoms with Gasteiger partial charge >= 0.3 is 0 Å². The van der Waals surface area contributed by atoms with Crippen molar-refractivity contribution in [3.63, 3.8) is 0 Å². The fourth-order valence-electron chi connectivity index (χ4n) is 3.41. The number of hydrogen-bond donors (Lipinski definition) is 2. The number of non-ortho nitro benzene ring substituents is 1. The van der Waals surface area contributed by atoms with Crippen molar-refractivity contribution < 1.29 is 13.3 Å². The fourth-order valence-corrected chi connectivity index (χ4v) is 3.99. The SMILES string of the molecule is CC1(C)CC(Nc2cc([N+](=O)[O-])cc(S(N)(=O)=O)c2)c2ccccc21. The number of fused-ring (bicyclic) bond motifs is 1. The van der Waals surface area contributed by atoms with Crippen molar-refractivity contribution in [2.75, 3.05) is 5.32 Å². The molecule has 7 nitrogen and oxygen atoms in total. The van der Waals surface area contributed by atoms with Crippen molar-refractivity contribution in [2.45, 2.75) is 36.6 Å². The molecule has 0 saturated carbocycles. The summed E-state index contributed by atoms with van der Waals surface area (Å²) in [5.74, 6) is 0. The van der Waals surface area contributed by atoms with E-state index >= 15 is 0 Å². The predicted molar refractivity (Wildman–Crippen MR) is 94.9 cm³/mol. The lowest BCUT2D eigenvalue weighted by atomic mass is 9.86. The van der Waals surface area contributed by atoms with Gasteiger partial charge in [-0.2, -0.15) is 0 Å². The summed E-state index contributed by atoms with van der Waals surface area (Å²) in [6.07, 6.45) is 0.791. The largest absolute Gasteiger partial charge is 0.378 e. The van der Waals surface area contributed by atoms with Crippen molar-refractivity contribution in [3.05, 3.63) is 63.7 Å². The number of benzene rings is 2. The van der Waals surface area contributed by atoms with E-state index < -0.39 is 14.9 Å². The zero-order valence-corrected chi connectivity index (χ0v) is 14.7. The Morgan fingerprint density at radius 1 is 1.24 bits per heavy atom. The minimum Gasteiger partial charge on any atom is -0.378 e. The summed E-state index contributed by atoms with van der Waals surface area (Å²) in [4.78, 5) is 10.2. The monoisotopic (exact) mass is 361 g/mol. The summed E-state index contributed by atoms with van der Waals surface area (Å²) in [7, 11) is -4.04. The molecule has 0 radical (unpaired) electrons. The zero-order valence-electron chi connectivity index (χ0n) is 13.9. The Hall–Kier alpha value is -2.45. The maximum atomic E-state index is 11.6. The first kappa shape index (κ1) is 17.4. The van der Waals surface area contributed by atoms with Gasteiger partial charge in [0.15, 0.2) is 0 Å². The van der Waals surface area contributed by atoms with Crippen LogP contribution in [0.2, 0.25) is 0 Å². The van der Waals surface area contributed by atoms with E-state index in [1.807, 2.05) is 18.2 Å². The van der Waals surface area contributed by atoms with Crippen LogP contribution in [-0.4, -0.2) is 13.3 Å². The van der Waals surface area contributed by atoms with E-state index in [1.165, 1.54) is 17.7 Å². The van der Waals surface area contributed by atoms with Crippen molar-refractivity contribution in [1.29, 1.82) is 0 Å². The van der Waals surface area contributed by atoms with Crippen LogP contribution in [0.15, 0.2) is 47.4 Å². The zero-order chi connectivity index (χ0) is 18.4. The number of nitrogens with one attached hydrogen (secondary N) is 1. The third kappa shape index (κ3) is 3.35. The lowest BCUT2D eigenvalue weighted by Gasteiger charge is -2.20. The van der Waals surface area contributed by atoms with Gasteiger partial charge in [0.1, 0.15) is 0 Å². The second kappa shape index (κ2) is 5.82. The first-order valence-corrected chi connectivity index (χ1v) is 9.31. The molecular formula is C17H19N3O4S. The molecule has 3 N–H and O–H groups in total. The van der Waals surface area contributed by atoms with E-state index in [9.17, 15) is 18.5 Å². The lowest BCUT2D eigenvalue weighted by molar-refractivity contribution is -0.385. The molecule has 2 aromatic rings. The van der Waals surface area contributed by atoms with Gasteiger partial charge in [0, 0.05) is 17.8 Å². The Labute approximate surface area is 146 Å². The van der Waals surface area contributed by atoms with Gasteiger partial charge in [-0.1, -0.05) is 38.1 Å². The molecule has 8 heteroatoms.